The van der Waals surface area contributed by atoms with E-state index in [-0.39, 0.29) is 11.8 Å². The standard InChI is InChI=1S/C15H15NO.C10H13NO.2C2H6/c1-12-7-9-14(10-8-12)15(17)16-11-13-5-3-2-4-6-13;1-3-11-10(12)9-6-4-8(2)5-7-9;2*1-2/h2-10H,11H2,1H3,(H,16,17);4-7H,3H2,1-2H3,(H,11,12);2*1-2H3. The van der Waals surface area contributed by atoms with Gasteiger partial charge in [0.25, 0.3) is 11.8 Å². The van der Waals surface area contributed by atoms with Crippen LogP contribution < -0.4 is 10.6 Å². The van der Waals surface area contributed by atoms with Gasteiger partial charge in [-0.15, -0.1) is 0 Å². The normalized spacial score (nSPS) is 8.94. The molecule has 2 amide bonds. The van der Waals surface area contributed by atoms with E-state index < -0.39 is 0 Å². The van der Waals surface area contributed by atoms with E-state index >= 15 is 0 Å². The van der Waals surface area contributed by atoms with E-state index in [0.29, 0.717) is 18.7 Å². The molecule has 3 rings (SSSR count). The van der Waals surface area contributed by atoms with Crippen LogP contribution in [-0.2, 0) is 6.54 Å². The Morgan fingerprint density at radius 3 is 1.39 bits per heavy atom. The SMILES string of the molecule is CC.CC.CCNC(=O)c1ccc(C)cc1.Cc1ccc(C(=O)NCc2ccccc2)cc1. The molecule has 0 saturated heterocycles. The van der Waals surface area contributed by atoms with Crippen LogP contribution >= 0.6 is 0 Å². The van der Waals surface area contributed by atoms with Crippen molar-refractivity contribution in [2.24, 2.45) is 0 Å². The van der Waals surface area contributed by atoms with Gasteiger partial charge in [0.1, 0.15) is 0 Å². The van der Waals surface area contributed by atoms with Crippen molar-refractivity contribution in [2.45, 2.75) is 55.0 Å². The zero-order chi connectivity index (χ0) is 25.1. The summed E-state index contributed by atoms with van der Waals surface area (Å²) in [6.45, 7) is 15.2. The lowest BCUT2D eigenvalue weighted by Gasteiger charge is -2.05. The van der Waals surface area contributed by atoms with E-state index in [0.717, 1.165) is 16.7 Å². The summed E-state index contributed by atoms with van der Waals surface area (Å²) in [7, 11) is 0. The van der Waals surface area contributed by atoms with Crippen LogP contribution in [0, 0.1) is 13.8 Å². The van der Waals surface area contributed by atoms with Crippen LogP contribution in [0.3, 0.4) is 0 Å². The first-order valence-corrected chi connectivity index (χ1v) is 11.7. The molecule has 4 heteroatoms. The molecule has 0 aromatic heterocycles. The molecular formula is C29H40N2O2. The molecule has 0 fully saturated rings. The number of carbonyl (C=O) groups is 2. The minimum absolute atomic E-state index is 0.00231. The lowest BCUT2D eigenvalue weighted by molar-refractivity contribution is 0.0945. The number of carbonyl (C=O) groups excluding carboxylic acids is 2. The maximum absolute atomic E-state index is 11.8. The Morgan fingerprint density at radius 2 is 1.00 bits per heavy atom. The first kappa shape index (κ1) is 29.6. The zero-order valence-corrected chi connectivity index (χ0v) is 21.2. The Balaban J connectivity index is 0.000000564. The molecule has 0 aliphatic rings. The Morgan fingerprint density at radius 1 is 0.606 bits per heavy atom. The minimum Gasteiger partial charge on any atom is -0.352 e. The second-order valence-electron chi connectivity index (χ2n) is 6.76. The summed E-state index contributed by atoms with van der Waals surface area (Å²) in [5.41, 5.74) is 4.86. The van der Waals surface area contributed by atoms with E-state index in [2.05, 4.69) is 10.6 Å². The van der Waals surface area contributed by atoms with Crippen LogP contribution in [0.2, 0.25) is 0 Å². The number of hydrogen-bond donors (Lipinski definition) is 2. The van der Waals surface area contributed by atoms with Gasteiger partial charge in [-0.3, -0.25) is 9.59 Å². The summed E-state index contributed by atoms with van der Waals surface area (Å²) in [6, 6.07) is 25.0. The minimum atomic E-state index is -0.0335. The van der Waals surface area contributed by atoms with Gasteiger partial charge < -0.3 is 10.6 Å². The van der Waals surface area contributed by atoms with E-state index in [1.165, 1.54) is 5.56 Å². The molecule has 0 unspecified atom stereocenters. The Bertz CT molecular complexity index is 903. The molecule has 0 bridgehead atoms. The summed E-state index contributed by atoms with van der Waals surface area (Å²) < 4.78 is 0. The highest BCUT2D eigenvalue weighted by Gasteiger charge is 2.04. The van der Waals surface area contributed by atoms with Crippen molar-refractivity contribution in [2.75, 3.05) is 6.54 Å². The predicted molar refractivity (Wildman–Crippen MR) is 141 cm³/mol. The lowest BCUT2D eigenvalue weighted by atomic mass is 10.1. The first-order valence-electron chi connectivity index (χ1n) is 11.7. The van der Waals surface area contributed by atoms with Crippen molar-refractivity contribution in [3.8, 4) is 0 Å². The molecule has 2 N–H and O–H groups in total. The molecular weight excluding hydrogens is 408 g/mol. The van der Waals surface area contributed by atoms with Crippen LogP contribution in [0.25, 0.3) is 0 Å². The third kappa shape index (κ3) is 12.3. The number of hydrogen-bond acceptors (Lipinski definition) is 2. The Hall–Kier alpha value is -3.40. The predicted octanol–water partition coefficient (Wildman–Crippen LogP) is 6.72. The lowest BCUT2D eigenvalue weighted by Crippen LogP contribution is -2.22. The van der Waals surface area contributed by atoms with Gasteiger partial charge >= 0.3 is 0 Å². The summed E-state index contributed by atoms with van der Waals surface area (Å²) >= 11 is 0. The molecule has 0 spiro atoms. The van der Waals surface area contributed by atoms with E-state index in [1.807, 2.05) is 127 Å². The fraction of sp³-hybridized carbons (Fsp3) is 0.310. The van der Waals surface area contributed by atoms with E-state index in [1.54, 1.807) is 0 Å². The van der Waals surface area contributed by atoms with Gasteiger partial charge in [-0.2, -0.15) is 0 Å². The third-order valence-electron chi connectivity index (χ3n) is 4.26. The fourth-order valence-corrected chi connectivity index (χ4v) is 2.55. The quantitative estimate of drug-likeness (QED) is 0.455. The van der Waals surface area contributed by atoms with Gasteiger partial charge in [0.2, 0.25) is 0 Å². The van der Waals surface area contributed by atoms with Crippen LogP contribution in [0.15, 0.2) is 78.9 Å². The second kappa shape index (κ2) is 18.2. The Labute approximate surface area is 200 Å². The highest BCUT2D eigenvalue weighted by molar-refractivity contribution is 5.94. The zero-order valence-electron chi connectivity index (χ0n) is 21.2. The van der Waals surface area contributed by atoms with Crippen molar-refractivity contribution < 1.29 is 9.59 Å². The van der Waals surface area contributed by atoms with Crippen molar-refractivity contribution in [3.63, 3.8) is 0 Å². The molecule has 0 aliphatic heterocycles. The summed E-state index contributed by atoms with van der Waals surface area (Å²) in [5, 5.41) is 5.64. The highest BCUT2D eigenvalue weighted by Crippen LogP contribution is 2.04. The van der Waals surface area contributed by atoms with Gasteiger partial charge in [-0.1, -0.05) is 93.4 Å². The molecule has 3 aromatic carbocycles. The topological polar surface area (TPSA) is 58.2 Å². The van der Waals surface area contributed by atoms with Crippen molar-refractivity contribution >= 4 is 11.8 Å². The van der Waals surface area contributed by atoms with Crippen LogP contribution in [0.5, 0.6) is 0 Å². The van der Waals surface area contributed by atoms with Crippen LogP contribution in [-0.4, -0.2) is 18.4 Å². The third-order valence-corrected chi connectivity index (χ3v) is 4.26. The number of amides is 2. The van der Waals surface area contributed by atoms with Crippen molar-refractivity contribution in [1.82, 2.24) is 10.6 Å². The molecule has 3 aromatic rings. The largest absolute Gasteiger partial charge is 0.352 e. The smallest absolute Gasteiger partial charge is 0.251 e. The number of aryl methyl sites for hydroxylation is 2. The molecule has 33 heavy (non-hydrogen) atoms. The molecule has 178 valence electrons. The highest BCUT2D eigenvalue weighted by atomic mass is 16.2. The van der Waals surface area contributed by atoms with Gasteiger partial charge in [-0.25, -0.2) is 0 Å². The van der Waals surface area contributed by atoms with Gasteiger partial charge in [0.05, 0.1) is 0 Å². The average molecular weight is 449 g/mol. The van der Waals surface area contributed by atoms with Crippen LogP contribution in [0.4, 0.5) is 0 Å². The summed E-state index contributed by atoms with van der Waals surface area (Å²) in [6.07, 6.45) is 0. The maximum atomic E-state index is 11.8. The van der Waals surface area contributed by atoms with E-state index in [4.69, 9.17) is 0 Å². The van der Waals surface area contributed by atoms with E-state index in [9.17, 15) is 9.59 Å². The van der Waals surface area contributed by atoms with Gasteiger partial charge in [0, 0.05) is 24.2 Å². The molecule has 4 nitrogen and oxygen atoms in total. The fourth-order valence-electron chi connectivity index (χ4n) is 2.55. The van der Waals surface area contributed by atoms with Gasteiger partial charge in [-0.05, 0) is 50.6 Å². The monoisotopic (exact) mass is 448 g/mol. The molecule has 0 aliphatic carbocycles. The maximum Gasteiger partial charge on any atom is 0.251 e. The second-order valence-corrected chi connectivity index (χ2v) is 6.76. The molecule has 0 radical (unpaired) electrons. The number of nitrogens with one attached hydrogen (secondary N) is 2. The first-order chi connectivity index (χ1) is 16.0. The van der Waals surface area contributed by atoms with Crippen LogP contribution in [0.1, 0.15) is 72.0 Å². The molecule has 0 atom stereocenters. The van der Waals surface area contributed by atoms with Crippen molar-refractivity contribution in [1.29, 1.82) is 0 Å². The summed E-state index contributed by atoms with van der Waals surface area (Å²) in [4.78, 5) is 23.1. The summed E-state index contributed by atoms with van der Waals surface area (Å²) in [5.74, 6) is -0.0358. The van der Waals surface area contributed by atoms with Crippen molar-refractivity contribution in [3.05, 3.63) is 107 Å². The molecule has 0 saturated carbocycles. The molecule has 0 heterocycles. The Kier molecular flexibility index (Phi) is 16.3. The number of benzene rings is 3. The average Bonchev–Trinajstić information content (AvgIpc) is 2.87. The number of rotatable bonds is 5. The van der Waals surface area contributed by atoms with Gasteiger partial charge in [0.15, 0.2) is 0 Å².